The second-order valence-corrected chi connectivity index (χ2v) is 9.03. The third-order valence-electron chi connectivity index (χ3n) is 7.00. The molecule has 0 atom stereocenters. The Morgan fingerprint density at radius 3 is 2.42 bits per heavy atom. The van der Waals surface area contributed by atoms with Gasteiger partial charge in [-0.2, -0.15) is 5.10 Å². The molecule has 0 radical (unpaired) electrons. The molecule has 164 valence electrons. The molecule has 2 amide bonds. The molecule has 0 unspecified atom stereocenters. The molecule has 5 rings (SSSR count). The first-order valence-corrected chi connectivity index (χ1v) is 11.2. The van der Waals surface area contributed by atoms with Crippen LogP contribution in [0, 0.1) is 6.92 Å². The molecule has 2 fully saturated rings. The molecule has 8 nitrogen and oxygen atoms in total. The summed E-state index contributed by atoms with van der Waals surface area (Å²) in [4.78, 5) is 33.8. The minimum Gasteiger partial charge on any atom is -0.370 e. The molecule has 3 aliphatic rings. The number of rotatable bonds is 2. The Kier molecular flexibility index (Phi) is 5.04. The molecule has 3 aliphatic heterocycles. The Labute approximate surface area is 182 Å². The maximum absolute atomic E-state index is 12.9. The van der Waals surface area contributed by atoms with E-state index in [0.717, 1.165) is 62.1 Å². The van der Waals surface area contributed by atoms with E-state index in [-0.39, 0.29) is 17.4 Å². The molecular weight excluding hydrogens is 394 g/mol. The highest BCUT2D eigenvalue weighted by Gasteiger charge is 2.43. The summed E-state index contributed by atoms with van der Waals surface area (Å²) in [6, 6.07) is 3.71. The van der Waals surface area contributed by atoms with E-state index in [1.807, 2.05) is 40.6 Å². The van der Waals surface area contributed by atoms with Gasteiger partial charge in [-0.25, -0.2) is 0 Å². The fourth-order valence-corrected chi connectivity index (χ4v) is 5.01. The number of carbonyl (C=O) groups is 2. The highest BCUT2D eigenvalue weighted by atomic mass is 16.5. The molecule has 2 saturated heterocycles. The topological polar surface area (TPSA) is 80.6 Å². The van der Waals surface area contributed by atoms with Crippen LogP contribution in [0.3, 0.4) is 0 Å². The zero-order valence-corrected chi connectivity index (χ0v) is 18.3. The average molecular weight is 424 g/mol. The molecule has 2 aromatic rings. The van der Waals surface area contributed by atoms with Crippen LogP contribution >= 0.6 is 0 Å². The van der Waals surface area contributed by atoms with E-state index in [2.05, 4.69) is 10.1 Å². The average Bonchev–Trinajstić information content (AvgIpc) is 3.43. The van der Waals surface area contributed by atoms with Crippen molar-refractivity contribution < 1.29 is 14.3 Å². The smallest absolute Gasteiger partial charge is 0.274 e. The maximum Gasteiger partial charge on any atom is 0.274 e. The second-order valence-electron chi connectivity index (χ2n) is 9.03. The molecule has 2 aromatic heterocycles. The van der Waals surface area contributed by atoms with Gasteiger partial charge in [-0.15, -0.1) is 0 Å². The summed E-state index contributed by atoms with van der Waals surface area (Å²) in [6.07, 6.45) is 6.06. The van der Waals surface area contributed by atoms with Crippen LogP contribution in [0.1, 0.15) is 63.5 Å². The van der Waals surface area contributed by atoms with E-state index in [9.17, 15) is 9.59 Å². The van der Waals surface area contributed by atoms with Crippen molar-refractivity contribution in [3.8, 4) is 0 Å². The van der Waals surface area contributed by atoms with Crippen LogP contribution in [0.15, 0.2) is 18.3 Å². The molecule has 0 N–H and O–H groups in total. The number of pyridine rings is 1. The Morgan fingerprint density at radius 1 is 1.03 bits per heavy atom. The van der Waals surface area contributed by atoms with Crippen molar-refractivity contribution in [2.75, 3.05) is 26.2 Å². The Morgan fingerprint density at radius 2 is 1.74 bits per heavy atom. The first-order chi connectivity index (χ1) is 15.0. The number of nitrogens with zero attached hydrogens (tertiary/aromatic N) is 5. The molecule has 0 saturated carbocycles. The van der Waals surface area contributed by atoms with Crippen molar-refractivity contribution in [1.82, 2.24) is 24.6 Å². The van der Waals surface area contributed by atoms with Crippen molar-refractivity contribution >= 4 is 11.8 Å². The zero-order valence-electron chi connectivity index (χ0n) is 18.3. The number of ether oxygens (including phenoxy) is 1. The van der Waals surface area contributed by atoms with Crippen LogP contribution in [0.5, 0.6) is 0 Å². The summed E-state index contributed by atoms with van der Waals surface area (Å²) in [5.74, 6) is 0.0545. The van der Waals surface area contributed by atoms with E-state index >= 15 is 0 Å². The fourth-order valence-electron chi connectivity index (χ4n) is 5.01. The van der Waals surface area contributed by atoms with Gasteiger partial charge in [0.25, 0.3) is 11.8 Å². The number of amides is 2. The molecule has 5 heterocycles. The molecule has 8 heteroatoms. The van der Waals surface area contributed by atoms with Crippen molar-refractivity contribution in [2.24, 2.45) is 7.05 Å². The van der Waals surface area contributed by atoms with Gasteiger partial charge in [-0.05, 0) is 44.7 Å². The normalized spacial score (nSPS) is 20.2. The van der Waals surface area contributed by atoms with E-state index in [1.54, 1.807) is 6.20 Å². The Bertz CT molecular complexity index is 999. The molecule has 0 aromatic carbocycles. The monoisotopic (exact) mass is 423 g/mol. The van der Waals surface area contributed by atoms with Crippen molar-refractivity contribution in [3.05, 3.63) is 46.5 Å². The molecule has 1 spiro atoms. The van der Waals surface area contributed by atoms with Gasteiger partial charge < -0.3 is 14.5 Å². The lowest BCUT2D eigenvalue weighted by Gasteiger charge is -2.43. The van der Waals surface area contributed by atoms with Gasteiger partial charge in [0.05, 0.1) is 17.8 Å². The highest BCUT2D eigenvalue weighted by Crippen LogP contribution is 2.37. The highest BCUT2D eigenvalue weighted by molar-refractivity contribution is 5.94. The van der Waals surface area contributed by atoms with E-state index < -0.39 is 0 Å². The predicted octanol–water partition coefficient (Wildman–Crippen LogP) is 2.11. The second kappa shape index (κ2) is 7.75. The van der Waals surface area contributed by atoms with Crippen LogP contribution < -0.4 is 0 Å². The van der Waals surface area contributed by atoms with E-state index in [0.29, 0.717) is 31.0 Å². The third-order valence-corrected chi connectivity index (χ3v) is 7.00. The van der Waals surface area contributed by atoms with Crippen molar-refractivity contribution in [3.63, 3.8) is 0 Å². The summed E-state index contributed by atoms with van der Waals surface area (Å²) in [5, 5.41) is 4.58. The number of aromatic nitrogens is 3. The lowest BCUT2D eigenvalue weighted by Crippen LogP contribution is -2.50. The number of hydrogen-bond acceptors (Lipinski definition) is 5. The number of piperidine rings is 1. The van der Waals surface area contributed by atoms with Gasteiger partial charge >= 0.3 is 0 Å². The quantitative estimate of drug-likeness (QED) is 0.739. The van der Waals surface area contributed by atoms with E-state index in [1.165, 1.54) is 0 Å². The van der Waals surface area contributed by atoms with Gasteiger partial charge in [0.1, 0.15) is 0 Å². The van der Waals surface area contributed by atoms with Gasteiger partial charge in [0.2, 0.25) is 0 Å². The lowest BCUT2D eigenvalue weighted by atomic mass is 9.83. The molecule has 0 aliphatic carbocycles. The SMILES string of the molecule is Cc1ccc(C(=O)N2CCC3(CC2)Cc2c(c(C(=O)N4CCCC4)nn2C)CO3)cn1. The summed E-state index contributed by atoms with van der Waals surface area (Å²) >= 11 is 0. The molecular formula is C23H29N5O3. The first-order valence-electron chi connectivity index (χ1n) is 11.2. The van der Waals surface area contributed by atoms with Crippen LogP contribution in [0.25, 0.3) is 0 Å². The number of carbonyl (C=O) groups excluding carboxylic acids is 2. The Balaban J connectivity index is 1.28. The van der Waals surface area contributed by atoms with Gasteiger partial charge in [0, 0.05) is 62.8 Å². The fraction of sp³-hybridized carbons (Fsp3) is 0.565. The standard InChI is InChI=1S/C23H29N5O3/c1-16-5-6-17(14-24-16)21(29)28-11-7-23(8-12-28)13-19-18(15-31-23)20(25-26(19)2)22(30)27-9-3-4-10-27/h5-6,14H,3-4,7-13,15H2,1-2H3. The van der Waals surface area contributed by atoms with Gasteiger partial charge in [-0.1, -0.05) is 0 Å². The van der Waals surface area contributed by atoms with Crippen LogP contribution in [-0.4, -0.2) is 68.2 Å². The third kappa shape index (κ3) is 3.63. The minimum atomic E-state index is -0.295. The zero-order chi connectivity index (χ0) is 21.6. The van der Waals surface area contributed by atoms with Crippen molar-refractivity contribution in [1.29, 1.82) is 0 Å². The predicted molar refractivity (Wildman–Crippen MR) is 114 cm³/mol. The molecule has 0 bridgehead atoms. The first kappa shape index (κ1) is 20.2. The van der Waals surface area contributed by atoms with Gasteiger partial charge in [-0.3, -0.25) is 19.3 Å². The van der Waals surface area contributed by atoms with Crippen LogP contribution in [0.2, 0.25) is 0 Å². The number of fused-ring (bicyclic) bond motifs is 1. The van der Waals surface area contributed by atoms with Crippen LogP contribution in [-0.2, 0) is 24.8 Å². The number of aryl methyl sites for hydroxylation is 2. The van der Waals surface area contributed by atoms with E-state index in [4.69, 9.17) is 4.74 Å². The van der Waals surface area contributed by atoms with Crippen LogP contribution in [0.4, 0.5) is 0 Å². The molecule has 31 heavy (non-hydrogen) atoms. The lowest BCUT2D eigenvalue weighted by molar-refractivity contribution is -0.0990. The number of hydrogen-bond donors (Lipinski definition) is 0. The summed E-state index contributed by atoms with van der Waals surface area (Å²) in [6.45, 7) is 5.26. The maximum atomic E-state index is 12.9. The summed E-state index contributed by atoms with van der Waals surface area (Å²) < 4.78 is 8.23. The summed E-state index contributed by atoms with van der Waals surface area (Å²) in [5.41, 5.74) is 3.82. The van der Waals surface area contributed by atoms with Gasteiger partial charge in [0.15, 0.2) is 5.69 Å². The largest absolute Gasteiger partial charge is 0.370 e. The minimum absolute atomic E-state index is 0.0258. The Hall–Kier alpha value is -2.74. The number of likely N-dealkylation sites (tertiary alicyclic amines) is 2. The van der Waals surface area contributed by atoms with Crippen molar-refractivity contribution in [2.45, 2.75) is 51.2 Å². The summed E-state index contributed by atoms with van der Waals surface area (Å²) in [7, 11) is 1.92.